The quantitative estimate of drug-likeness (QED) is 0.823. The number of hydrogen-bond donors (Lipinski definition) is 1. The van der Waals surface area contributed by atoms with Crippen LogP contribution in [0.2, 0.25) is 0 Å². The van der Waals surface area contributed by atoms with Gasteiger partial charge in [0.15, 0.2) is 11.5 Å². The first-order chi connectivity index (χ1) is 11.5. The van der Waals surface area contributed by atoms with Gasteiger partial charge in [0.1, 0.15) is 0 Å². The van der Waals surface area contributed by atoms with Crippen LogP contribution in [0.4, 0.5) is 8.78 Å². The van der Waals surface area contributed by atoms with E-state index in [1.165, 1.54) is 38.9 Å². The maximum atomic E-state index is 12.3. The molecule has 3 rings (SSSR count). The number of hydrogen-bond acceptors (Lipinski definition) is 3. The molecule has 0 spiro atoms. The van der Waals surface area contributed by atoms with Crippen LogP contribution < -0.4 is 14.8 Å². The Labute approximate surface area is 140 Å². The molecule has 2 fully saturated rings. The van der Waals surface area contributed by atoms with E-state index >= 15 is 0 Å². The topological polar surface area (TPSA) is 47.6 Å². The number of carbonyl (C=O) groups is 1. The van der Waals surface area contributed by atoms with Gasteiger partial charge in [-0.2, -0.15) is 8.78 Å². The number of amides is 1. The van der Waals surface area contributed by atoms with Crippen LogP contribution in [0.15, 0.2) is 18.2 Å². The van der Waals surface area contributed by atoms with Gasteiger partial charge in [-0.15, -0.1) is 0 Å². The van der Waals surface area contributed by atoms with Crippen molar-refractivity contribution < 1.29 is 23.0 Å². The highest BCUT2D eigenvalue weighted by molar-refractivity contribution is 5.76. The number of rotatable bonds is 7. The van der Waals surface area contributed by atoms with Gasteiger partial charge in [-0.3, -0.25) is 4.79 Å². The molecule has 2 aliphatic rings. The standard InChI is InChI=1S/C18H23F2NO3/c1-23-16-8-12(3-5-15(16)24-18(19)20)10-21-17(22)9-14-7-11-2-4-13(14)6-11/h3,5,8,11,13-14,18H,2,4,6-7,9-10H2,1H3,(H,21,22)/t11-,13+,14-/m0/s1. The summed E-state index contributed by atoms with van der Waals surface area (Å²) in [6, 6.07) is 4.69. The Bertz CT molecular complexity index is 594. The summed E-state index contributed by atoms with van der Waals surface area (Å²) < 4.78 is 34.1. The number of benzene rings is 1. The number of ether oxygens (including phenoxy) is 2. The minimum absolute atomic E-state index is 0.00967. The van der Waals surface area contributed by atoms with E-state index in [1.807, 2.05) is 0 Å². The highest BCUT2D eigenvalue weighted by atomic mass is 19.3. The molecule has 0 heterocycles. The highest BCUT2D eigenvalue weighted by Crippen LogP contribution is 2.49. The molecule has 1 aromatic carbocycles. The molecule has 0 aliphatic heterocycles. The van der Waals surface area contributed by atoms with Crippen molar-refractivity contribution in [2.24, 2.45) is 17.8 Å². The molecule has 132 valence electrons. The first-order valence-electron chi connectivity index (χ1n) is 8.43. The van der Waals surface area contributed by atoms with Crippen molar-refractivity contribution in [3.63, 3.8) is 0 Å². The summed E-state index contributed by atoms with van der Waals surface area (Å²) in [7, 11) is 1.39. The summed E-state index contributed by atoms with van der Waals surface area (Å²) in [5.41, 5.74) is 0.787. The van der Waals surface area contributed by atoms with Crippen molar-refractivity contribution in [1.29, 1.82) is 0 Å². The lowest BCUT2D eigenvalue weighted by molar-refractivity contribution is -0.122. The van der Waals surface area contributed by atoms with E-state index in [9.17, 15) is 13.6 Å². The Balaban J connectivity index is 1.51. The highest BCUT2D eigenvalue weighted by Gasteiger charge is 2.39. The second-order valence-corrected chi connectivity index (χ2v) is 6.78. The zero-order valence-electron chi connectivity index (χ0n) is 13.8. The molecule has 2 bridgehead atoms. The van der Waals surface area contributed by atoms with Gasteiger partial charge in [-0.1, -0.05) is 12.5 Å². The minimum atomic E-state index is -2.90. The van der Waals surface area contributed by atoms with Crippen LogP contribution in [0, 0.1) is 17.8 Å². The number of methoxy groups -OCH3 is 1. The molecule has 1 N–H and O–H groups in total. The van der Waals surface area contributed by atoms with Gasteiger partial charge in [-0.05, 0) is 54.7 Å². The van der Waals surface area contributed by atoms with Crippen molar-refractivity contribution in [2.45, 2.75) is 45.3 Å². The van der Waals surface area contributed by atoms with Crippen LogP contribution in [-0.4, -0.2) is 19.6 Å². The predicted octanol–water partition coefficient (Wildman–Crippen LogP) is 3.74. The third-order valence-electron chi connectivity index (χ3n) is 5.27. The zero-order chi connectivity index (χ0) is 17.1. The third kappa shape index (κ3) is 3.97. The fourth-order valence-electron chi connectivity index (χ4n) is 4.15. The van der Waals surface area contributed by atoms with E-state index in [4.69, 9.17) is 4.74 Å². The van der Waals surface area contributed by atoms with Crippen LogP contribution >= 0.6 is 0 Å². The largest absolute Gasteiger partial charge is 0.493 e. The smallest absolute Gasteiger partial charge is 0.387 e. The summed E-state index contributed by atoms with van der Waals surface area (Å²) in [6.45, 7) is -2.54. The first kappa shape index (κ1) is 17.0. The van der Waals surface area contributed by atoms with Gasteiger partial charge in [0.05, 0.1) is 7.11 Å². The van der Waals surface area contributed by atoms with E-state index in [0.717, 1.165) is 17.4 Å². The Morgan fingerprint density at radius 3 is 2.75 bits per heavy atom. The Kier molecular flexibility index (Phi) is 5.21. The second-order valence-electron chi connectivity index (χ2n) is 6.78. The monoisotopic (exact) mass is 339 g/mol. The van der Waals surface area contributed by atoms with Gasteiger partial charge in [-0.25, -0.2) is 0 Å². The van der Waals surface area contributed by atoms with Gasteiger partial charge in [0.25, 0.3) is 0 Å². The number of nitrogens with one attached hydrogen (secondary N) is 1. The van der Waals surface area contributed by atoms with E-state index < -0.39 is 6.61 Å². The first-order valence-corrected chi connectivity index (χ1v) is 8.43. The number of alkyl halides is 2. The van der Waals surface area contributed by atoms with Crippen molar-refractivity contribution in [3.8, 4) is 11.5 Å². The lowest BCUT2D eigenvalue weighted by atomic mass is 9.86. The van der Waals surface area contributed by atoms with Crippen molar-refractivity contribution in [1.82, 2.24) is 5.32 Å². The summed E-state index contributed by atoms with van der Waals surface area (Å²) in [5, 5.41) is 2.91. The number of halogens is 2. The van der Waals surface area contributed by atoms with E-state index in [2.05, 4.69) is 10.1 Å². The minimum Gasteiger partial charge on any atom is -0.493 e. The molecule has 1 amide bonds. The number of fused-ring (bicyclic) bond motifs is 2. The van der Waals surface area contributed by atoms with Crippen LogP contribution in [0.3, 0.4) is 0 Å². The molecule has 2 aliphatic carbocycles. The molecule has 0 radical (unpaired) electrons. The molecule has 0 aromatic heterocycles. The molecular formula is C18H23F2NO3. The number of carbonyl (C=O) groups excluding carboxylic acids is 1. The zero-order valence-corrected chi connectivity index (χ0v) is 13.8. The van der Waals surface area contributed by atoms with Crippen molar-refractivity contribution in [3.05, 3.63) is 23.8 Å². The van der Waals surface area contributed by atoms with Gasteiger partial charge < -0.3 is 14.8 Å². The predicted molar refractivity (Wildman–Crippen MR) is 85.0 cm³/mol. The maximum Gasteiger partial charge on any atom is 0.387 e. The van der Waals surface area contributed by atoms with Crippen molar-refractivity contribution in [2.75, 3.05) is 7.11 Å². The molecule has 4 nitrogen and oxygen atoms in total. The molecule has 2 saturated carbocycles. The molecular weight excluding hydrogens is 316 g/mol. The second kappa shape index (κ2) is 7.36. The van der Waals surface area contributed by atoms with Crippen LogP contribution in [0.1, 0.15) is 37.7 Å². The Morgan fingerprint density at radius 2 is 2.12 bits per heavy atom. The molecule has 0 saturated heterocycles. The SMILES string of the molecule is COc1cc(CNC(=O)C[C@@H]2C[C@H]3CC[C@@H]2C3)ccc1OC(F)F. The maximum absolute atomic E-state index is 12.3. The van der Waals surface area contributed by atoms with Gasteiger partial charge >= 0.3 is 6.61 Å². The van der Waals surface area contributed by atoms with E-state index in [-0.39, 0.29) is 17.4 Å². The van der Waals surface area contributed by atoms with E-state index in [0.29, 0.717) is 18.9 Å². The lowest BCUT2D eigenvalue weighted by Gasteiger charge is -2.21. The lowest BCUT2D eigenvalue weighted by Crippen LogP contribution is -2.26. The van der Waals surface area contributed by atoms with Crippen LogP contribution in [0.5, 0.6) is 11.5 Å². The molecule has 0 unspecified atom stereocenters. The summed E-state index contributed by atoms with van der Waals surface area (Å²) in [5.74, 6) is 2.37. The Morgan fingerprint density at radius 1 is 1.29 bits per heavy atom. The summed E-state index contributed by atoms with van der Waals surface area (Å²) >= 11 is 0. The molecule has 24 heavy (non-hydrogen) atoms. The fourth-order valence-corrected chi connectivity index (χ4v) is 4.15. The Hall–Kier alpha value is -1.85. The average Bonchev–Trinajstić information content (AvgIpc) is 3.16. The van der Waals surface area contributed by atoms with Gasteiger partial charge in [0.2, 0.25) is 5.91 Å². The third-order valence-corrected chi connectivity index (χ3v) is 5.27. The molecule has 1 aromatic rings. The van der Waals surface area contributed by atoms with Crippen LogP contribution in [0.25, 0.3) is 0 Å². The molecule has 3 atom stereocenters. The molecule has 6 heteroatoms. The van der Waals surface area contributed by atoms with Crippen molar-refractivity contribution >= 4 is 5.91 Å². The average molecular weight is 339 g/mol. The fraction of sp³-hybridized carbons (Fsp3) is 0.611. The van der Waals surface area contributed by atoms with E-state index in [1.54, 1.807) is 12.1 Å². The summed E-state index contributed by atoms with van der Waals surface area (Å²) in [6.07, 6.45) is 5.66. The van der Waals surface area contributed by atoms with Gasteiger partial charge in [0, 0.05) is 13.0 Å². The normalized spacial score (nSPS) is 25.1. The summed E-state index contributed by atoms with van der Waals surface area (Å²) in [4.78, 5) is 12.1. The van der Waals surface area contributed by atoms with Crippen LogP contribution in [-0.2, 0) is 11.3 Å².